The lowest BCUT2D eigenvalue weighted by molar-refractivity contribution is -0.141. The summed E-state index contributed by atoms with van der Waals surface area (Å²) < 4.78 is 51.3. The van der Waals surface area contributed by atoms with E-state index < -0.39 is 23.8 Å². The fourth-order valence-electron chi connectivity index (χ4n) is 1.33. The number of nitrogens with zero attached hydrogens (tertiary/aromatic N) is 3. The minimum Gasteiger partial charge on any atom is -0.481 e. The SMILES string of the molecule is COc1cc(OC)nc(C(=O)Nc2nc(C(F)(F)F)co2)n1. The molecule has 0 radical (unpaired) electrons. The van der Waals surface area contributed by atoms with Gasteiger partial charge in [-0.1, -0.05) is 0 Å². The molecular formula is C11H9F3N4O4. The number of aromatic nitrogens is 3. The Morgan fingerprint density at radius 2 is 1.77 bits per heavy atom. The lowest BCUT2D eigenvalue weighted by atomic mass is 10.5. The third-order valence-corrected chi connectivity index (χ3v) is 2.32. The summed E-state index contributed by atoms with van der Waals surface area (Å²) in [5.41, 5.74) is -1.27. The maximum absolute atomic E-state index is 12.4. The normalized spacial score (nSPS) is 11.1. The summed E-state index contributed by atoms with van der Waals surface area (Å²) in [5, 5.41) is 2.00. The predicted octanol–water partition coefficient (Wildman–Crippen LogP) is 1.75. The first-order valence-corrected chi connectivity index (χ1v) is 5.64. The maximum atomic E-state index is 12.4. The Kier molecular flexibility index (Phi) is 4.15. The van der Waals surface area contributed by atoms with Crippen molar-refractivity contribution in [3.8, 4) is 11.8 Å². The van der Waals surface area contributed by atoms with Crippen LogP contribution >= 0.6 is 0 Å². The van der Waals surface area contributed by atoms with Crippen molar-refractivity contribution in [2.24, 2.45) is 0 Å². The second kappa shape index (κ2) is 5.87. The van der Waals surface area contributed by atoms with E-state index in [0.717, 1.165) is 0 Å². The number of carbonyl (C=O) groups is 1. The molecule has 0 saturated heterocycles. The van der Waals surface area contributed by atoms with E-state index in [1.165, 1.54) is 20.3 Å². The molecule has 1 N–H and O–H groups in total. The summed E-state index contributed by atoms with van der Waals surface area (Å²) in [5.74, 6) is -1.24. The summed E-state index contributed by atoms with van der Waals surface area (Å²) in [6, 6.07) is 0.687. The van der Waals surface area contributed by atoms with E-state index in [1.807, 2.05) is 5.32 Å². The number of anilines is 1. The molecule has 2 aromatic heterocycles. The van der Waals surface area contributed by atoms with E-state index in [9.17, 15) is 18.0 Å². The van der Waals surface area contributed by atoms with Crippen molar-refractivity contribution < 1.29 is 31.9 Å². The number of carbonyl (C=O) groups excluding carboxylic acids is 1. The fraction of sp³-hybridized carbons (Fsp3) is 0.273. The third kappa shape index (κ3) is 3.42. The van der Waals surface area contributed by atoms with E-state index in [2.05, 4.69) is 19.4 Å². The summed E-state index contributed by atoms with van der Waals surface area (Å²) in [4.78, 5) is 22.4. The van der Waals surface area contributed by atoms with Crippen molar-refractivity contribution in [1.82, 2.24) is 15.0 Å². The van der Waals surface area contributed by atoms with E-state index in [0.29, 0.717) is 6.26 Å². The highest BCUT2D eigenvalue weighted by molar-refractivity contribution is 6.00. The van der Waals surface area contributed by atoms with Crippen LogP contribution in [-0.2, 0) is 6.18 Å². The minimum absolute atomic E-state index is 0.0420. The van der Waals surface area contributed by atoms with E-state index in [4.69, 9.17) is 9.47 Å². The molecule has 2 aromatic rings. The summed E-state index contributed by atoms with van der Waals surface area (Å²) in [6.07, 6.45) is -4.30. The van der Waals surface area contributed by atoms with Gasteiger partial charge in [-0.3, -0.25) is 10.1 Å². The molecule has 0 saturated carbocycles. The number of ether oxygens (including phenoxy) is 2. The van der Waals surface area contributed by atoms with Crippen LogP contribution in [0.5, 0.6) is 11.8 Å². The first-order chi connectivity index (χ1) is 10.3. The molecule has 0 unspecified atom stereocenters. The van der Waals surface area contributed by atoms with Crippen molar-refractivity contribution in [2.75, 3.05) is 19.5 Å². The number of oxazole rings is 1. The molecule has 0 fully saturated rings. The molecule has 11 heteroatoms. The summed E-state index contributed by atoms with van der Waals surface area (Å²) in [7, 11) is 2.63. The smallest absolute Gasteiger partial charge is 0.436 e. The molecule has 0 bridgehead atoms. The topological polar surface area (TPSA) is 99.4 Å². The number of alkyl halides is 3. The zero-order valence-corrected chi connectivity index (χ0v) is 11.3. The van der Waals surface area contributed by atoms with E-state index in [-0.39, 0.29) is 17.6 Å². The average Bonchev–Trinajstić information content (AvgIpc) is 2.95. The molecule has 2 rings (SSSR count). The Labute approximate surface area is 121 Å². The molecule has 0 aliphatic heterocycles. The Balaban J connectivity index is 2.20. The predicted molar refractivity (Wildman–Crippen MR) is 64.6 cm³/mol. The number of amides is 1. The van der Waals surface area contributed by atoms with Crippen molar-refractivity contribution >= 4 is 11.9 Å². The van der Waals surface area contributed by atoms with Gasteiger partial charge in [0.25, 0.3) is 5.91 Å². The second-order valence-electron chi connectivity index (χ2n) is 3.77. The van der Waals surface area contributed by atoms with Crippen LogP contribution in [0.2, 0.25) is 0 Å². The Morgan fingerprint density at radius 1 is 1.18 bits per heavy atom. The van der Waals surface area contributed by atoms with Gasteiger partial charge in [-0.15, -0.1) is 0 Å². The van der Waals surface area contributed by atoms with Crippen molar-refractivity contribution in [1.29, 1.82) is 0 Å². The number of methoxy groups -OCH3 is 2. The van der Waals surface area contributed by atoms with Crippen LogP contribution in [-0.4, -0.2) is 35.1 Å². The van der Waals surface area contributed by atoms with Crippen LogP contribution in [0.4, 0.5) is 19.2 Å². The quantitative estimate of drug-likeness (QED) is 0.916. The van der Waals surface area contributed by atoms with Crippen LogP contribution in [0, 0.1) is 0 Å². The monoisotopic (exact) mass is 318 g/mol. The van der Waals surface area contributed by atoms with Gasteiger partial charge in [-0.25, -0.2) is 0 Å². The number of halogens is 3. The van der Waals surface area contributed by atoms with Gasteiger partial charge in [0.05, 0.1) is 20.3 Å². The Hall–Kier alpha value is -2.85. The van der Waals surface area contributed by atoms with E-state index in [1.54, 1.807) is 0 Å². The largest absolute Gasteiger partial charge is 0.481 e. The second-order valence-corrected chi connectivity index (χ2v) is 3.77. The number of nitrogens with one attached hydrogen (secondary N) is 1. The van der Waals surface area contributed by atoms with Gasteiger partial charge >= 0.3 is 12.2 Å². The third-order valence-electron chi connectivity index (χ3n) is 2.32. The fourth-order valence-corrected chi connectivity index (χ4v) is 1.33. The zero-order valence-electron chi connectivity index (χ0n) is 11.3. The maximum Gasteiger partial charge on any atom is 0.436 e. The lowest BCUT2D eigenvalue weighted by Gasteiger charge is -2.05. The highest BCUT2D eigenvalue weighted by Gasteiger charge is 2.35. The number of rotatable bonds is 4. The average molecular weight is 318 g/mol. The van der Waals surface area contributed by atoms with Crippen molar-refractivity contribution in [3.63, 3.8) is 0 Å². The number of hydrogen-bond donors (Lipinski definition) is 1. The van der Waals surface area contributed by atoms with Crippen LogP contribution in [0.1, 0.15) is 16.3 Å². The molecule has 22 heavy (non-hydrogen) atoms. The molecule has 118 valence electrons. The Morgan fingerprint density at radius 3 is 2.23 bits per heavy atom. The van der Waals surface area contributed by atoms with Gasteiger partial charge in [0.1, 0.15) is 6.26 Å². The summed E-state index contributed by atoms with van der Waals surface area (Å²) in [6.45, 7) is 0. The van der Waals surface area contributed by atoms with Crippen LogP contribution in [0.15, 0.2) is 16.7 Å². The van der Waals surface area contributed by atoms with Gasteiger partial charge < -0.3 is 13.9 Å². The van der Waals surface area contributed by atoms with E-state index >= 15 is 0 Å². The van der Waals surface area contributed by atoms with Crippen LogP contribution in [0.25, 0.3) is 0 Å². The zero-order chi connectivity index (χ0) is 16.3. The lowest BCUT2D eigenvalue weighted by Crippen LogP contribution is -2.17. The highest BCUT2D eigenvalue weighted by Crippen LogP contribution is 2.29. The molecule has 0 aromatic carbocycles. The van der Waals surface area contributed by atoms with Crippen molar-refractivity contribution in [2.45, 2.75) is 6.18 Å². The first-order valence-electron chi connectivity index (χ1n) is 5.64. The van der Waals surface area contributed by atoms with Gasteiger partial charge in [0.15, 0.2) is 5.69 Å². The molecule has 0 spiro atoms. The van der Waals surface area contributed by atoms with Crippen LogP contribution < -0.4 is 14.8 Å². The van der Waals surface area contributed by atoms with Gasteiger partial charge in [-0.2, -0.15) is 28.1 Å². The number of hydrogen-bond acceptors (Lipinski definition) is 7. The molecule has 0 aliphatic carbocycles. The van der Waals surface area contributed by atoms with Crippen LogP contribution in [0.3, 0.4) is 0 Å². The van der Waals surface area contributed by atoms with Gasteiger partial charge in [0, 0.05) is 0 Å². The molecule has 0 atom stereocenters. The molecule has 8 nitrogen and oxygen atoms in total. The minimum atomic E-state index is -4.68. The first kappa shape index (κ1) is 15.5. The molecule has 1 amide bonds. The van der Waals surface area contributed by atoms with Gasteiger partial charge in [0.2, 0.25) is 17.6 Å². The molecule has 0 aliphatic rings. The highest BCUT2D eigenvalue weighted by atomic mass is 19.4. The summed E-state index contributed by atoms with van der Waals surface area (Å²) >= 11 is 0. The van der Waals surface area contributed by atoms with Gasteiger partial charge in [-0.05, 0) is 0 Å². The van der Waals surface area contributed by atoms with Crippen molar-refractivity contribution in [3.05, 3.63) is 23.8 Å². The molecular weight excluding hydrogens is 309 g/mol. The molecule has 2 heterocycles. The standard InChI is InChI=1S/C11H9F3N4O4/c1-20-6-3-7(21-2)17-8(16-6)9(19)18-10-15-5(4-22-10)11(12,13)14/h3-4H,1-2H3,(H,15,18,19). The Bertz CT molecular complexity index is 664.